The zero-order valence-electron chi connectivity index (χ0n) is 10.8. The van der Waals surface area contributed by atoms with Gasteiger partial charge in [-0.05, 0) is 19.4 Å². The first-order valence-corrected chi connectivity index (χ1v) is 6.29. The fourth-order valence-electron chi connectivity index (χ4n) is 1.78. The maximum Gasteiger partial charge on any atom is 0.404 e. The Morgan fingerprint density at radius 2 is 2.06 bits per heavy atom. The third-order valence-electron chi connectivity index (χ3n) is 2.69. The molecule has 0 fully saturated rings. The molecule has 1 unspecified atom stereocenters. The van der Waals surface area contributed by atoms with Crippen LogP contribution in [0.1, 0.15) is 32.5 Å². The van der Waals surface area contributed by atoms with E-state index in [4.69, 9.17) is 0 Å². The van der Waals surface area contributed by atoms with Gasteiger partial charge in [0.15, 0.2) is 0 Å². The molecular weight excluding hydrogens is 243 g/mol. The fraction of sp³-hybridized carbons (Fsp3) is 0.750. The van der Waals surface area contributed by atoms with Gasteiger partial charge in [0.05, 0.1) is 0 Å². The number of aromatic nitrogens is 2. The first kappa shape index (κ1) is 15.0. The van der Waals surface area contributed by atoms with Crippen molar-refractivity contribution in [1.82, 2.24) is 14.9 Å². The molecular formula is C12H20F3N3. The minimum atomic E-state index is -4.24. The van der Waals surface area contributed by atoms with Crippen LogP contribution in [0.25, 0.3) is 0 Å². The van der Waals surface area contributed by atoms with Crippen molar-refractivity contribution >= 4 is 0 Å². The van der Waals surface area contributed by atoms with E-state index in [0.717, 1.165) is 6.42 Å². The van der Waals surface area contributed by atoms with Gasteiger partial charge in [-0.1, -0.05) is 13.8 Å². The van der Waals surface area contributed by atoms with E-state index in [9.17, 15) is 13.2 Å². The molecule has 0 amide bonds. The minimum Gasteiger partial charge on any atom is -0.335 e. The lowest BCUT2D eigenvalue weighted by Gasteiger charge is -2.21. The highest BCUT2D eigenvalue weighted by Gasteiger charge is 2.39. The van der Waals surface area contributed by atoms with Crippen LogP contribution in [-0.2, 0) is 13.0 Å². The van der Waals surface area contributed by atoms with Gasteiger partial charge in [-0.25, -0.2) is 4.98 Å². The Hall–Kier alpha value is -1.04. The Balaban J connectivity index is 2.72. The molecule has 0 saturated heterocycles. The Labute approximate surface area is 105 Å². The first-order valence-electron chi connectivity index (χ1n) is 6.29. The summed E-state index contributed by atoms with van der Waals surface area (Å²) in [6, 6.07) is -1.52. The van der Waals surface area contributed by atoms with E-state index in [-0.39, 0.29) is 6.42 Å². The molecule has 0 aromatic carbocycles. The van der Waals surface area contributed by atoms with Gasteiger partial charge in [0, 0.05) is 25.4 Å². The van der Waals surface area contributed by atoms with Gasteiger partial charge < -0.3 is 9.88 Å². The third-order valence-corrected chi connectivity index (χ3v) is 2.69. The van der Waals surface area contributed by atoms with E-state index >= 15 is 0 Å². The van der Waals surface area contributed by atoms with Gasteiger partial charge >= 0.3 is 6.18 Å². The molecule has 1 atom stereocenters. The number of rotatable bonds is 7. The van der Waals surface area contributed by atoms with Crippen LogP contribution in [0, 0.1) is 0 Å². The van der Waals surface area contributed by atoms with Crippen LogP contribution < -0.4 is 5.32 Å². The summed E-state index contributed by atoms with van der Waals surface area (Å²) in [6.45, 7) is 4.89. The van der Waals surface area contributed by atoms with Crippen molar-refractivity contribution in [2.45, 2.75) is 51.9 Å². The highest BCUT2D eigenvalue weighted by Crippen LogP contribution is 2.23. The van der Waals surface area contributed by atoms with E-state index in [0.29, 0.717) is 25.3 Å². The molecule has 3 nitrogen and oxygen atoms in total. The van der Waals surface area contributed by atoms with Crippen molar-refractivity contribution < 1.29 is 13.2 Å². The summed E-state index contributed by atoms with van der Waals surface area (Å²) in [7, 11) is 0. The predicted octanol–water partition coefficient (Wildman–Crippen LogP) is 2.77. The van der Waals surface area contributed by atoms with Gasteiger partial charge in [0.25, 0.3) is 0 Å². The zero-order valence-corrected chi connectivity index (χ0v) is 10.8. The minimum absolute atomic E-state index is 0.115. The topological polar surface area (TPSA) is 29.9 Å². The smallest absolute Gasteiger partial charge is 0.335 e. The second-order valence-corrected chi connectivity index (χ2v) is 4.29. The van der Waals surface area contributed by atoms with Gasteiger partial charge in [0.2, 0.25) is 0 Å². The van der Waals surface area contributed by atoms with E-state index in [1.54, 1.807) is 17.0 Å². The predicted molar refractivity (Wildman–Crippen MR) is 64.4 cm³/mol. The Bertz CT molecular complexity index is 347. The molecule has 18 heavy (non-hydrogen) atoms. The van der Waals surface area contributed by atoms with Gasteiger partial charge in [-0.2, -0.15) is 13.2 Å². The SMILES string of the molecule is CCCNC(Cc1nccn1CCC)C(F)(F)F. The van der Waals surface area contributed by atoms with E-state index in [1.165, 1.54) is 0 Å². The first-order chi connectivity index (χ1) is 8.49. The third kappa shape index (κ3) is 4.33. The number of hydrogen-bond acceptors (Lipinski definition) is 2. The molecule has 0 spiro atoms. The number of imidazole rings is 1. The summed E-state index contributed by atoms with van der Waals surface area (Å²) in [5, 5.41) is 2.54. The average Bonchev–Trinajstić information content (AvgIpc) is 2.71. The van der Waals surface area contributed by atoms with Crippen molar-refractivity contribution in [3.63, 3.8) is 0 Å². The number of alkyl halides is 3. The lowest BCUT2D eigenvalue weighted by molar-refractivity contribution is -0.155. The summed E-state index contributed by atoms with van der Waals surface area (Å²) in [5.41, 5.74) is 0. The summed E-state index contributed by atoms with van der Waals surface area (Å²) < 4.78 is 40.3. The van der Waals surface area contributed by atoms with Crippen LogP contribution >= 0.6 is 0 Å². The molecule has 6 heteroatoms. The average molecular weight is 263 g/mol. The molecule has 0 aliphatic rings. The number of nitrogens with zero attached hydrogens (tertiary/aromatic N) is 2. The van der Waals surface area contributed by atoms with Crippen LogP contribution in [0.15, 0.2) is 12.4 Å². The zero-order chi connectivity index (χ0) is 13.6. The number of hydrogen-bond donors (Lipinski definition) is 1. The Kier molecular flexibility index (Phi) is 5.65. The largest absolute Gasteiger partial charge is 0.404 e. The van der Waals surface area contributed by atoms with Crippen LogP contribution in [0.4, 0.5) is 13.2 Å². The number of halogens is 3. The second kappa shape index (κ2) is 6.78. The van der Waals surface area contributed by atoms with E-state index in [1.807, 2.05) is 13.8 Å². The molecule has 1 aromatic rings. The Morgan fingerprint density at radius 1 is 1.33 bits per heavy atom. The number of aryl methyl sites for hydroxylation is 1. The second-order valence-electron chi connectivity index (χ2n) is 4.29. The van der Waals surface area contributed by atoms with Crippen molar-refractivity contribution in [3.8, 4) is 0 Å². The molecule has 0 saturated carbocycles. The summed E-state index contributed by atoms with van der Waals surface area (Å²) >= 11 is 0. The van der Waals surface area contributed by atoms with Gasteiger partial charge in [0.1, 0.15) is 11.9 Å². The maximum absolute atomic E-state index is 12.9. The van der Waals surface area contributed by atoms with Gasteiger partial charge in [-0.15, -0.1) is 0 Å². The molecule has 1 aromatic heterocycles. The summed E-state index contributed by atoms with van der Waals surface area (Å²) in [5.74, 6) is 0.489. The number of nitrogens with one attached hydrogen (secondary N) is 1. The molecule has 1 rings (SSSR count). The van der Waals surface area contributed by atoms with Crippen LogP contribution in [0.3, 0.4) is 0 Å². The molecule has 104 valence electrons. The molecule has 0 radical (unpaired) electrons. The fourth-order valence-corrected chi connectivity index (χ4v) is 1.78. The van der Waals surface area contributed by atoms with Crippen LogP contribution in [0.5, 0.6) is 0 Å². The molecule has 1 N–H and O–H groups in total. The van der Waals surface area contributed by atoms with Gasteiger partial charge in [-0.3, -0.25) is 0 Å². The van der Waals surface area contributed by atoms with E-state index < -0.39 is 12.2 Å². The van der Waals surface area contributed by atoms with E-state index in [2.05, 4.69) is 10.3 Å². The van der Waals surface area contributed by atoms with Crippen molar-refractivity contribution in [3.05, 3.63) is 18.2 Å². The molecule has 1 heterocycles. The molecule has 0 bridgehead atoms. The van der Waals surface area contributed by atoms with Crippen LogP contribution in [0.2, 0.25) is 0 Å². The summed E-state index contributed by atoms with van der Waals surface area (Å²) in [6.07, 6.45) is 0.484. The Morgan fingerprint density at radius 3 is 2.61 bits per heavy atom. The monoisotopic (exact) mass is 263 g/mol. The quantitative estimate of drug-likeness (QED) is 0.819. The lowest BCUT2D eigenvalue weighted by atomic mass is 10.2. The molecule has 0 aliphatic carbocycles. The van der Waals surface area contributed by atoms with Crippen LogP contribution in [-0.4, -0.2) is 28.3 Å². The lowest BCUT2D eigenvalue weighted by Crippen LogP contribution is -2.44. The maximum atomic E-state index is 12.9. The van der Waals surface area contributed by atoms with Crippen molar-refractivity contribution in [2.75, 3.05) is 6.54 Å². The normalized spacial score (nSPS) is 13.8. The van der Waals surface area contributed by atoms with Crippen molar-refractivity contribution in [2.24, 2.45) is 0 Å². The summed E-state index contributed by atoms with van der Waals surface area (Å²) in [4.78, 5) is 4.02. The highest BCUT2D eigenvalue weighted by atomic mass is 19.4. The van der Waals surface area contributed by atoms with Crippen molar-refractivity contribution in [1.29, 1.82) is 0 Å². The standard InChI is InChI=1S/C12H20F3N3/c1-3-5-16-10(12(13,14)15)9-11-17-6-8-18(11)7-4-2/h6,8,10,16H,3-5,7,9H2,1-2H3. The molecule has 0 aliphatic heterocycles. The highest BCUT2D eigenvalue weighted by molar-refractivity contribution is 4.97.